The summed E-state index contributed by atoms with van der Waals surface area (Å²) >= 11 is 3.48. The second-order valence-electron chi connectivity index (χ2n) is 4.59. The number of hydrogen-bond donors (Lipinski definition) is 1. The zero-order valence-electron chi connectivity index (χ0n) is 10.2. The highest BCUT2D eigenvalue weighted by Crippen LogP contribution is 2.27. The van der Waals surface area contributed by atoms with E-state index >= 15 is 0 Å². The minimum absolute atomic E-state index is 1.03. The standard InChI is InChI=1S/C14H16BrN3/c15-12-9-11-3-1-4-13(14(11)17-10-12)18-7-2-5-16-6-8-18/h1,3-4,9-10,16H,2,5-8H2. The Morgan fingerprint density at radius 1 is 1.22 bits per heavy atom. The molecule has 1 aromatic carbocycles. The molecule has 1 fully saturated rings. The van der Waals surface area contributed by atoms with Gasteiger partial charge in [-0.2, -0.15) is 0 Å². The third-order valence-electron chi connectivity index (χ3n) is 3.34. The van der Waals surface area contributed by atoms with Gasteiger partial charge >= 0.3 is 0 Å². The predicted molar refractivity (Wildman–Crippen MR) is 79.1 cm³/mol. The van der Waals surface area contributed by atoms with E-state index in [-0.39, 0.29) is 0 Å². The van der Waals surface area contributed by atoms with Crippen LogP contribution in [0.15, 0.2) is 34.9 Å². The predicted octanol–water partition coefficient (Wildman–Crippen LogP) is 2.80. The normalized spacial score (nSPS) is 16.8. The molecule has 94 valence electrons. The summed E-state index contributed by atoms with van der Waals surface area (Å²) in [6, 6.07) is 8.53. The van der Waals surface area contributed by atoms with Crippen LogP contribution in [0.25, 0.3) is 10.9 Å². The van der Waals surface area contributed by atoms with E-state index in [1.54, 1.807) is 0 Å². The summed E-state index contributed by atoms with van der Waals surface area (Å²) in [6.07, 6.45) is 3.06. The first-order chi connectivity index (χ1) is 8.84. The van der Waals surface area contributed by atoms with Crippen molar-refractivity contribution in [3.8, 4) is 0 Å². The lowest BCUT2D eigenvalue weighted by molar-refractivity contribution is 0.724. The fourth-order valence-electron chi connectivity index (χ4n) is 2.46. The quantitative estimate of drug-likeness (QED) is 0.878. The van der Waals surface area contributed by atoms with Gasteiger partial charge in [0.05, 0.1) is 11.2 Å². The van der Waals surface area contributed by atoms with Gasteiger partial charge in [0.25, 0.3) is 0 Å². The molecular weight excluding hydrogens is 290 g/mol. The molecule has 0 amide bonds. The van der Waals surface area contributed by atoms with Crippen LogP contribution in [0.1, 0.15) is 6.42 Å². The van der Waals surface area contributed by atoms with Crippen molar-refractivity contribution in [2.45, 2.75) is 6.42 Å². The molecular formula is C14H16BrN3. The monoisotopic (exact) mass is 305 g/mol. The third kappa shape index (κ3) is 2.35. The molecule has 3 rings (SSSR count). The number of halogens is 1. The van der Waals surface area contributed by atoms with Crippen molar-refractivity contribution in [2.75, 3.05) is 31.1 Å². The van der Waals surface area contributed by atoms with E-state index in [9.17, 15) is 0 Å². The minimum Gasteiger partial charge on any atom is -0.368 e. The van der Waals surface area contributed by atoms with E-state index in [0.717, 1.165) is 36.2 Å². The maximum Gasteiger partial charge on any atom is 0.0936 e. The lowest BCUT2D eigenvalue weighted by atomic mass is 10.1. The summed E-state index contributed by atoms with van der Waals surface area (Å²) in [5.74, 6) is 0. The average Bonchev–Trinajstić information content (AvgIpc) is 2.66. The van der Waals surface area contributed by atoms with Crippen LogP contribution in [0, 0.1) is 0 Å². The van der Waals surface area contributed by atoms with Crippen LogP contribution < -0.4 is 10.2 Å². The molecule has 0 aliphatic carbocycles. The second-order valence-corrected chi connectivity index (χ2v) is 5.51. The van der Waals surface area contributed by atoms with Crippen LogP contribution in [0.3, 0.4) is 0 Å². The first kappa shape index (κ1) is 11.9. The van der Waals surface area contributed by atoms with Crippen LogP contribution in [0.4, 0.5) is 5.69 Å². The summed E-state index contributed by atoms with van der Waals surface area (Å²) < 4.78 is 1.03. The van der Waals surface area contributed by atoms with Gasteiger partial charge in [-0.25, -0.2) is 0 Å². The van der Waals surface area contributed by atoms with Crippen LogP contribution in [-0.4, -0.2) is 31.2 Å². The summed E-state index contributed by atoms with van der Waals surface area (Å²) in [6.45, 7) is 4.31. The van der Waals surface area contributed by atoms with Gasteiger partial charge in [0.15, 0.2) is 0 Å². The lowest BCUT2D eigenvalue weighted by Gasteiger charge is -2.23. The molecule has 0 unspecified atom stereocenters. The molecule has 1 saturated heterocycles. The van der Waals surface area contributed by atoms with E-state index < -0.39 is 0 Å². The smallest absolute Gasteiger partial charge is 0.0936 e. The molecule has 3 nitrogen and oxygen atoms in total. The van der Waals surface area contributed by atoms with Crippen molar-refractivity contribution >= 4 is 32.5 Å². The molecule has 1 aromatic heterocycles. The largest absolute Gasteiger partial charge is 0.368 e. The zero-order valence-corrected chi connectivity index (χ0v) is 11.8. The average molecular weight is 306 g/mol. The molecule has 0 radical (unpaired) electrons. The van der Waals surface area contributed by atoms with E-state index in [2.05, 4.69) is 55.4 Å². The van der Waals surface area contributed by atoms with Gasteiger partial charge in [0, 0.05) is 35.7 Å². The van der Waals surface area contributed by atoms with Gasteiger partial charge in [-0.15, -0.1) is 0 Å². The van der Waals surface area contributed by atoms with E-state index in [1.807, 2.05) is 6.20 Å². The van der Waals surface area contributed by atoms with Crippen LogP contribution in [0.2, 0.25) is 0 Å². The zero-order chi connectivity index (χ0) is 12.4. The number of nitrogens with one attached hydrogen (secondary N) is 1. The number of anilines is 1. The van der Waals surface area contributed by atoms with Crippen LogP contribution in [-0.2, 0) is 0 Å². The minimum atomic E-state index is 1.03. The number of fused-ring (bicyclic) bond motifs is 1. The Bertz CT molecular complexity index is 548. The van der Waals surface area contributed by atoms with Gasteiger partial charge in [0.2, 0.25) is 0 Å². The first-order valence-corrected chi connectivity index (χ1v) is 7.14. The number of benzene rings is 1. The highest BCUT2D eigenvalue weighted by Gasteiger charge is 2.12. The summed E-state index contributed by atoms with van der Waals surface area (Å²) in [4.78, 5) is 7.01. The number of rotatable bonds is 1. The van der Waals surface area contributed by atoms with E-state index in [0.29, 0.717) is 0 Å². The number of hydrogen-bond acceptors (Lipinski definition) is 3. The highest BCUT2D eigenvalue weighted by atomic mass is 79.9. The van der Waals surface area contributed by atoms with Gasteiger partial charge in [-0.05, 0) is 41.0 Å². The fraction of sp³-hybridized carbons (Fsp3) is 0.357. The number of aromatic nitrogens is 1. The Morgan fingerprint density at radius 2 is 2.17 bits per heavy atom. The number of nitrogens with zero attached hydrogens (tertiary/aromatic N) is 2. The Labute approximate surface area is 115 Å². The second kappa shape index (κ2) is 5.24. The fourth-order valence-corrected chi connectivity index (χ4v) is 2.81. The van der Waals surface area contributed by atoms with Gasteiger partial charge in [0.1, 0.15) is 0 Å². The summed E-state index contributed by atoms with van der Waals surface area (Å²) in [7, 11) is 0. The maximum atomic E-state index is 4.58. The Kier molecular flexibility index (Phi) is 3.48. The summed E-state index contributed by atoms with van der Waals surface area (Å²) in [5.41, 5.74) is 2.35. The molecule has 0 atom stereocenters. The Morgan fingerprint density at radius 3 is 3.11 bits per heavy atom. The molecule has 4 heteroatoms. The molecule has 2 heterocycles. The molecule has 1 aliphatic heterocycles. The van der Waals surface area contributed by atoms with Crippen molar-refractivity contribution in [3.63, 3.8) is 0 Å². The summed E-state index contributed by atoms with van der Waals surface area (Å²) in [5, 5.41) is 4.63. The van der Waals surface area contributed by atoms with Crippen molar-refractivity contribution in [1.82, 2.24) is 10.3 Å². The highest BCUT2D eigenvalue weighted by molar-refractivity contribution is 9.10. The van der Waals surface area contributed by atoms with Crippen molar-refractivity contribution in [1.29, 1.82) is 0 Å². The molecule has 18 heavy (non-hydrogen) atoms. The Balaban J connectivity index is 2.04. The maximum absolute atomic E-state index is 4.58. The number of para-hydroxylation sites is 1. The van der Waals surface area contributed by atoms with Crippen molar-refractivity contribution in [2.24, 2.45) is 0 Å². The molecule has 0 spiro atoms. The number of pyridine rings is 1. The van der Waals surface area contributed by atoms with Gasteiger partial charge < -0.3 is 10.2 Å². The molecule has 2 aromatic rings. The van der Waals surface area contributed by atoms with E-state index in [1.165, 1.54) is 17.5 Å². The molecule has 1 N–H and O–H groups in total. The van der Waals surface area contributed by atoms with E-state index in [4.69, 9.17) is 0 Å². The van der Waals surface area contributed by atoms with Crippen molar-refractivity contribution < 1.29 is 0 Å². The van der Waals surface area contributed by atoms with Crippen LogP contribution in [0.5, 0.6) is 0 Å². The van der Waals surface area contributed by atoms with Crippen molar-refractivity contribution in [3.05, 3.63) is 34.9 Å². The molecule has 0 bridgehead atoms. The van der Waals surface area contributed by atoms with Gasteiger partial charge in [-0.3, -0.25) is 4.98 Å². The topological polar surface area (TPSA) is 28.2 Å². The molecule has 0 saturated carbocycles. The lowest BCUT2D eigenvalue weighted by Crippen LogP contribution is -2.28. The SMILES string of the molecule is Brc1cnc2c(N3CCCNCC3)cccc2c1. The van der Waals surface area contributed by atoms with Crippen LogP contribution >= 0.6 is 15.9 Å². The van der Waals surface area contributed by atoms with Gasteiger partial charge in [-0.1, -0.05) is 12.1 Å². The third-order valence-corrected chi connectivity index (χ3v) is 3.77. The first-order valence-electron chi connectivity index (χ1n) is 6.34. The Hall–Kier alpha value is -1.13. The molecule has 1 aliphatic rings.